The van der Waals surface area contributed by atoms with Crippen LogP contribution in [-0.4, -0.2) is 49.2 Å². The number of aliphatic hydroxyl groups is 1. The Labute approximate surface area is 199 Å². The Morgan fingerprint density at radius 2 is 1.65 bits per heavy atom. The van der Waals surface area contributed by atoms with E-state index in [2.05, 4.69) is 10.6 Å². The van der Waals surface area contributed by atoms with E-state index in [9.17, 15) is 25.5 Å². The summed E-state index contributed by atoms with van der Waals surface area (Å²) in [6.45, 7) is 6.00. The standard InChI is InChI=1S/C26H33N3O5/c1-15(2)18-12-19(24(32)13-23(18)31)20-4-5-21(26(34)28-17-7-9-27-10-8-17)29(20)14-16-3-6-22(30)25(33)11-16/h3-6,11-13,15,17,26-28,30-34H,7-10,14H2,1-2H3. The number of phenolic OH excluding ortho intramolecular Hbond substituents is 4. The highest BCUT2D eigenvalue weighted by Crippen LogP contribution is 2.39. The molecule has 34 heavy (non-hydrogen) atoms. The van der Waals surface area contributed by atoms with Crippen molar-refractivity contribution in [3.05, 3.63) is 59.3 Å². The maximum absolute atomic E-state index is 11.1. The number of nitrogens with zero attached hydrogens (tertiary/aromatic N) is 1. The number of nitrogens with one attached hydrogen (secondary N) is 2. The molecule has 3 aromatic rings. The second-order valence-electron chi connectivity index (χ2n) is 9.23. The lowest BCUT2D eigenvalue weighted by molar-refractivity contribution is 0.108. The third-order valence-electron chi connectivity index (χ3n) is 6.45. The molecule has 8 nitrogen and oxygen atoms in total. The van der Waals surface area contributed by atoms with Gasteiger partial charge in [0.2, 0.25) is 0 Å². The molecule has 0 aliphatic carbocycles. The van der Waals surface area contributed by atoms with E-state index >= 15 is 0 Å². The molecular formula is C26H33N3O5. The Kier molecular flexibility index (Phi) is 7.02. The van der Waals surface area contributed by atoms with Crippen molar-refractivity contribution in [1.82, 2.24) is 15.2 Å². The second-order valence-corrected chi connectivity index (χ2v) is 9.23. The van der Waals surface area contributed by atoms with Crippen molar-refractivity contribution in [3.63, 3.8) is 0 Å². The van der Waals surface area contributed by atoms with E-state index in [1.165, 1.54) is 18.2 Å². The Morgan fingerprint density at radius 1 is 0.912 bits per heavy atom. The van der Waals surface area contributed by atoms with Crippen molar-refractivity contribution in [3.8, 4) is 34.3 Å². The number of phenols is 4. The van der Waals surface area contributed by atoms with Crippen LogP contribution in [0.5, 0.6) is 23.0 Å². The summed E-state index contributed by atoms with van der Waals surface area (Å²) in [5, 5.41) is 58.4. The maximum atomic E-state index is 11.1. The van der Waals surface area contributed by atoms with Crippen LogP contribution in [0, 0.1) is 0 Å². The van der Waals surface area contributed by atoms with E-state index in [0.717, 1.165) is 25.9 Å². The Bertz CT molecular complexity index is 1150. The fourth-order valence-electron chi connectivity index (χ4n) is 4.54. The van der Waals surface area contributed by atoms with Crippen LogP contribution in [0.25, 0.3) is 11.3 Å². The number of piperidine rings is 1. The molecular weight excluding hydrogens is 434 g/mol. The first kappa shape index (κ1) is 23.9. The fourth-order valence-corrected chi connectivity index (χ4v) is 4.54. The van der Waals surface area contributed by atoms with Crippen LogP contribution in [-0.2, 0) is 6.54 Å². The SMILES string of the molecule is CC(C)c1cc(-c2ccc(C(O)NC3CCNCC3)n2Cc2ccc(O)c(O)c2)c(O)cc1O. The molecule has 8 heteroatoms. The van der Waals surface area contributed by atoms with E-state index in [4.69, 9.17) is 0 Å². The molecule has 0 amide bonds. The topological polar surface area (TPSA) is 130 Å². The first-order valence-corrected chi connectivity index (χ1v) is 11.7. The quantitative estimate of drug-likeness (QED) is 0.209. The van der Waals surface area contributed by atoms with Crippen LogP contribution in [0.4, 0.5) is 0 Å². The van der Waals surface area contributed by atoms with E-state index in [1.807, 2.05) is 30.5 Å². The average molecular weight is 468 g/mol. The number of aromatic hydroxyl groups is 4. The van der Waals surface area contributed by atoms with Crippen molar-refractivity contribution in [2.24, 2.45) is 0 Å². The van der Waals surface area contributed by atoms with Crippen molar-refractivity contribution >= 4 is 0 Å². The zero-order valence-electron chi connectivity index (χ0n) is 19.5. The van der Waals surface area contributed by atoms with Gasteiger partial charge in [-0.15, -0.1) is 0 Å². The largest absolute Gasteiger partial charge is 0.508 e. The van der Waals surface area contributed by atoms with E-state index in [1.54, 1.807) is 12.1 Å². The Morgan fingerprint density at radius 3 is 2.32 bits per heavy atom. The molecule has 1 unspecified atom stereocenters. The van der Waals surface area contributed by atoms with Gasteiger partial charge >= 0.3 is 0 Å². The molecule has 0 spiro atoms. The van der Waals surface area contributed by atoms with Gasteiger partial charge in [0.25, 0.3) is 0 Å². The normalized spacial score (nSPS) is 15.6. The number of hydrogen-bond donors (Lipinski definition) is 7. The van der Waals surface area contributed by atoms with Gasteiger partial charge in [-0.05, 0) is 73.3 Å². The van der Waals surface area contributed by atoms with Crippen LogP contribution < -0.4 is 10.6 Å². The first-order valence-electron chi connectivity index (χ1n) is 11.7. The molecule has 0 saturated carbocycles. The van der Waals surface area contributed by atoms with Crippen LogP contribution >= 0.6 is 0 Å². The first-order chi connectivity index (χ1) is 16.2. The lowest BCUT2D eigenvalue weighted by Crippen LogP contribution is -2.42. The lowest BCUT2D eigenvalue weighted by atomic mass is 9.97. The molecule has 1 fully saturated rings. The lowest BCUT2D eigenvalue weighted by Gasteiger charge is -2.27. The molecule has 182 valence electrons. The van der Waals surface area contributed by atoms with Gasteiger partial charge in [-0.1, -0.05) is 19.9 Å². The van der Waals surface area contributed by atoms with Crippen LogP contribution in [0.1, 0.15) is 55.7 Å². The average Bonchev–Trinajstić information content (AvgIpc) is 3.20. The number of benzene rings is 2. The van der Waals surface area contributed by atoms with E-state index in [0.29, 0.717) is 28.1 Å². The molecule has 7 N–H and O–H groups in total. The third-order valence-corrected chi connectivity index (χ3v) is 6.45. The summed E-state index contributed by atoms with van der Waals surface area (Å²) in [7, 11) is 0. The molecule has 0 radical (unpaired) electrons. The van der Waals surface area contributed by atoms with Gasteiger partial charge < -0.3 is 35.4 Å². The monoisotopic (exact) mass is 467 g/mol. The molecule has 1 aliphatic rings. The Hall–Kier alpha value is -3.20. The van der Waals surface area contributed by atoms with Gasteiger partial charge in [0.15, 0.2) is 11.5 Å². The van der Waals surface area contributed by atoms with Crippen LogP contribution in [0.15, 0.2) is 42.5 Å². The van der Waals surface area contributed by atoms with E-state index < -0.39 is 6.23 Å². The van der Waals surface area contributed by atoms with Gasteiger partial charge in [0.05, 0.1) is 11.4 Å². The van der Waals surface area contributed by atoms with Gasteiger partial charge in [0, 0.05) is 24.2 Å². The highest BCUT2D eigenvalue weighted by Gasteiger charge is 2.23. The summed E-state index contributed by atoms with van der Waals surface area (Å²) in [5.74, 6) is -0.422. The molecule has 2 aromatic carbocycles. The van der Waals surface area contributed by atoms with Gasteiger partial charge in [-0.3, -0.25) is 5.32 Å². The van der Waals surface area contributed by atoms with E-state index in [-0.39, 0.29) is 41.5 Å². The number of rotatable bonds is 7. The zero-order chi connectivity index (χ0) is 24.4. The van der Waals surface area contributed by atoms with Crippen molar-refractivity contribution < 1.29 is 25.5 Å². The number of aliphatic hydroxyl groups excluding tert-OH is 1. The summed E-state index contributed by atoms with van der Waals surface area (Å²) in [4.78, 5) is 0. The van der Waals surface area contributed by atoms with Crippen LogP contribution in [0.2, 0.25) is 0 Å². The minimum Gasteiger partial charge on any atom is -0.508 e. The highest BCUT2D eigenvalue weighted by atomic mass is 16.3. The van der Waals surface area contributed by atoms with Crippen LogP contribution in [0.3, 0.4) is 0 Å². The predicted molar refractivity (Wildman–Crippen MR) is 130 cm³/mol. The minimum absolute atomic E-state index is 0.0330. The van der Waals surface area contributed by atoms with Crippen molar-refractivity contribution in [1.29, 1.82) is 0 Å². The molecule has 1 saturated heterocycles. The van der Waals surface area contributed by atoms with Gasteiger partial charge in [-0.2, -0.15) is 0 Å². The maximum Gasteiger partial charge on any atom is 0.157 e. The summed E-state index contributed by atoms with van der Waals surface area (Å²) in [6.07, 6.45) is 0.881. The smallest absolute Gasteiger partial charge is 0.157 e. The molecule has 4 rings (SSSR count). The minimum atomic E-state index is -0.939. The summed E-state index contributed by atoms with van der Waals surface area (Å²) >= 11 is 0. The molecule has 1 aromatic heterocycles. The number of hydrogen-bond acceptors (Lipinski definition) is 7. The predicted octanol–water partition coefficient (Wildman–Crippen LogP) is 3.48. The highest BCUT2D eigenvalue weighted by molar-refractivity contribution is 5.71. The molecule has 1 atom stereocenters. The summed E-state index contributed by atoms with van der Waals surface area (Å²) < 4.78 is 1.88. The zero-order valence-corrected chi connectivity index (χ0v) is 19.5. The summed E-state index contributed by atoms with van der Waals surface area (Å²) in [6, 6.07) is 11.5. The van der Waals surface area contributed by atoms with Gasteiger partial charge in [0.1, 0.15) is 17.7 Å². The molecule has 1 aliphatic heterocycles. The third kappa shape index (κ3) is 4.99. The van der Waals surface area contributed by atoms with Gasteiger partial charge in [-0.25, -0.2) is 0 Å². The number of aromatic nitrogens is 1. The fraction of sp³-hybridized carbons (Fsp3) is 0.385. The van der Waals surface area contributed by atoms with Crippen molar-refractivity contribution in [2.45, 2.75) is 51.4 Å². The molecule has 0 bridgehead atoms. The van der Waals surface area contributed by atoms with Crippen molar-refractivity contribution in [2.75, 3.05) is 13.1 Å². The Balaban J connectivity index is 1.77. The summed E-state index contributed by atoms with van der Waals surface area (Å²) in [5.41, 5.74) is 3.22. The second kappa shape index (κ2) is 9.97. The molecule has 2 heterocycles.